The number of anilines is 3. The average Bonchev–Trinajstić information content (AvgIpc) is 3.30. The van der Waals surface area contributed by atoms with Gasteiger partial charge in [0.05, 0.1) is 45.4 Å². The first-order valence-corrected chi connectivity index (χ1v) is 24.3. The number of nitrogens with one attached hydrogen (secondary N) is 4. The van der Waals surface area contributed by atoms with E-state index in [9.17, 15) is 32.8 Å². The second kappa shape index (κ2) is 24.0. The molecule has 0 aromatic heterocycles. The highest BCUT2D eigenvalue weighted by atomic mass is 32.2. The highest BCUT2D eigenvalue weighted by Crippen LogP contribution is 2.45. The van der Waals surface area contributed by atoms with Gasteiger partial charge < -0.3 is 35.7 Å². The van der Waals surface area contributed by atoms with E-state index in [4.69, 9.17) is 14.7 Å². The zero-order chi connectivity index (χ0) is 47.9. The van der Waals surface area contributed by atoms with E-state index in [0.29, 0.717) is 59.6 Å². The molecule has 0 heterocycles. The van der Waals surface area contributed by atoms with Crippen LogP contribution in [0.4, 0.5) is 17.1 Å². The largest absolute Gasteiger partial charge is 0.506 e. The van der Waals surface area contributed by atoms with Crippen LogP contribution in [0.15, 0.2) is 101 Å². The van der Waals surface area contributed by atoms with Crippen molar-refractivity contribution in [3.05, 3.63) is 108 Å². The van der Waals surface area contributed by atoms with Gasteiger partial charge in [-0.05, 0) is 110 Å². The number of benzene rings is 6. The average molecular weight is 957 g/mol. The molecule has 6 aromatic carbocycles. The Morgan fingerprint density at radius 2 is 1.49 bits per heavy atom. The molecule has 16 nitrogen and oxygen atoms in total. The molecule has 0 radical (unpaired) electrons. The van der Waals surface area contributed by atoms with Crippen LogP contribution < -0.4 is 31.0 Å². The lowest BCUT2D eigenvalue weighted by Gasteiger charge is -2.18. The zero-order valence-corrected chi connectivity index (χ0v) is 39.1. The van der Waals surface area contributed by atoms with Crippen LogP contribution in [0.25, 0.3) is 21.5 Å². The van der Waals surface area contributed by atoms with E-state index < -0.39 is 32.6 Å². The van der Waals surface area contributed by atoms with Gasteiger partial charge in [0.1, 0.15) is 28.7 Å². The Bertz CT molecular complexity index is 2790. The van der Waals surface area contributed by atoms with Crippen molar-refractivity contribution in [3.8, 4) is 28.7 Å². The maximum absolute atomic E-state index is 13.5. The summed E-state index contributed by atoms with van der Waals surface area (Å²) in [4.78, 5) is 25.1. The zero-order valence-electron chi connectivity index (χ0n) is 37.5. The van der Waals surface area contributed by atoms with Crippen LogP contribution in [0.3, 0.4) is 0 Å². The van der Waals surface area contributed by atoms with Crippen LogP contribution in [0.1, 0.15) is 93.6 Å². The van der Waals surface area contributed by atoms with E-state index in [-0.39, 0.29) is 38.4 Å². The summed E-state index contributed by atoms with van der Waals surface area (Å²) < 4.78 is 50.9. The summed E-state index contributed by atoms with van der Waals surface area (Å²) in [6.07, 6.45) is 10.5. The molecule has 0 spiro atoms. The van der Waals surface area contributed by atoms with Crippen molar-refractivity contribution >= 4 is 72.6 Å². The topological polar surface area (TPSA) is 234 Å². The molecule has 0 saturated heterocycles. The Morgan fingerprint density at radius 3 is 2.19 bits per heavy atom. The molecule has 6 rings (SSSR count). The van der Waals surface area contributed by atoms with Crippen molar-refractivity contribution in [1.82, 2.24) is 5.32 Å². The molecule has 18 heteroatoms. The first-order chi connectivity index (χ1) is 32.3. The number of phenols is 2. The van der Waals surface area contributed by atoms with Gasteiger partial charge in [-0.2, -0.15) is 8.42 Å². The molecule has 0 saturated carbocycles. The second-order valence-corrected chi connectivity index (χ2v) is 18.1. The maximum Gasteiger partial charge on any atom is 0.294 e. The van der Waals surface area contributed by atoms with Crippen molar-refractivity contribution in [1.29, 1.82) is 0 Å². The number of aryl methyl sites for hydroxylation is 2. The predicted molar refractivity (Wildman–Crippen MR) is 260 cm³/mol. The molecule has 0 atom stereocenters. The number of amides is 2. The Hall–Kier alpha value is -6.28. The van der Waals surface area contributed by atoms with Crippen LogP contribution in [-0.4, -0.2) is 53.4 Å². The van der Waals surface area contributed by atoms with Crippen LogP contribution >= 0.6 is 12.0 Å². The van der Waals surface area contributed by atoms with Crippen LogP contribution in [0, 0.1) is 0 Å². The Balaban J connectivity index is 1.11. The van der Waals surface area contributed by atoms with Gasteiger partial charge in [0.25, 0.3) is 16.0 Å². The lowest BCUT2D eigenvalue weighted by atomic mass is 10.00. The van der Waals surface area contributed by atoms with E-state index in [1.165, 1.54) is 55.9 Å². The molecule has 0 aliphatic heterocycles. The van der Waals surface area contributed by atoms with Crippen LogP contribution in [0.5, 0.6) is 28.7 Å². The molecule has 67 heavy (non-hydrogen) atoms. The fourth-order valence-corrected chi connectivity index (χ4v) is 8.63. The number of ether oxygens (including phenoxy) is 2. The fraction of sp³-hybridized carbons (Fsp3) is 0.306. The summed E-state index contributed by atoms with van der Waals surface area (Å²) in [7, 11) is -4.72. The minimum atomic E-state index is -4.72. The molecule has 0 bridgehead atoms. The lowest BCUT2D eigenvalue weighted by Crippen LogP contribution is -2.25. The van der Waals surface area contributed by atoms with E-state index in [1.807, 2.05) is 0 Å². The second-order valence-electron chi connectivity index (χ2n) is 15.9. The molecule has 0 unspecified atom stereocenters. The third-order valence-corrected chi connectivity index (χ3v) is 12.4. The van der Waals surface area contributed by atoms with Gasteiger partial charge in [-0.3, -0.25) is 19.6 Å². The SMILES string of the molecule is CCCCCc1ccc(OCCCCNC(=O)c2cc(Oc3ccc(NNc4c(SOOO)cc5cc(S(=O)(=O)O)cc(NC(C)=O)c5c4O)cc3)c3ccccc3c2O)c(CCCCC)c1. The summed E-state index contributed by atoms with van der Waals surface area (Å²) in [6.45, 7) is 6.49. The normalized spacial score (nSPS) is 11.4. The molecule has 8 N–H and O–H groups in total. The summed E-state index contributed by atoms with van der Waals surface area (Å²) in [6, 6.07) is 25.2. The van der Waals surface area contributed by atoms with Crippen LogP contribution in [-0.2, 0) is 37.1 Å². The third kappa shape index (κ3) is 13.4. The van der Waals surface area contributed by atoms with E-state index in [0.717, 1.165) is 50.0 Å². The molecule has 356 valence electrons. The van der Waals surface area contributed by atoms with E-state index in [1.54, 1.807) is 48.5 Å². The predicted octanol–water partition coefficient (Wildman–Crippen LogP) is 11.3. The van der Waals surface area contributed by atoms with Gasteiger partial charge in [0, 0.05) is 29.6 Å². The highest BCUT2D eigenvalue weighted by molar-refractivity contribution is 7.94. The smallest absolute Gasteiger partial charge is 0.294 e. The number of hydrogen-bond donors (Lipinski definition) is 8. The van der Waals surface area contributed by atoms with Crippen molar-refractivity contribution < 1.29 is 56.9 Å². The number of carbonyl (C=O) groups excluding carboxylic acids is 2. The number of unbranched alkanes of at least 4 members (excludes halogenated alkanes) is 5. The lowest BCUT2D eigenvalue weighted by molar-refractivity contribution is -0.432. The van der Waals surface area contributed by atoms with Gasteiger partial charge in [-0.15, -0.1) is 4.33 Å². The summed E-state index contributed by atoms with van der Waals surface area (Å²) in [5.41, 5.74) is 8.79. The molecular formula is C49H56N4O12S2. The molecule has 0 fully saturated rings. The maximum atomic E-state index is 13.5. The van der Waals surface area contributed by atoms with Gasteiger partial charge in [0.15, 0.2) is 5.75 Å². The summed E-state index contributed by atoms with van der Waals surface area (Å²) >= 11 is 0.459. The number of rotatable bonds is 25. The third-order valence-electron chi connectivity index (χ3n) is 10.9. The molecule has 0 aliphatic rings. The molecular weight excluding hydrogens is 901 g/mol. The Kier molecular flexibility index (Phi) is 17.9. The number of carbonyl (C=O) groups is 2. The van der Waals surface area contributed by atoms with E-state index in [2.05, 4.69) is 62.9 Å². The molecule has 6 aromatic rings. The number of fused-ring (bicyclic) bond motifs is 2. The van der Waals surface area contributed by atoms with Crippen molar-refractivity contribution in [2.24, 2.45) is 0 Å². The number of hydrogen-bond acceptors (Lipinski definition) is 14. The van der Waals surface area contributed by atoms with Crippen molar-refractivity contribution in [2.75, 3.05) is 29.3 Å². The quantitative estimate of drug-likeness (QED) is 0.00665. The molecule has 0 aliphatic carbocycles. The first kappa shape index (κ1) is 50.1. The first-order valence-electron chi connectivity index (χ1n) is 22.1. The minimum Gasteiger partial charge on any atom is -0.506 e. The van der Waals surface area contributed by atoms with Gasteiger partial charge in [-0.25, -0.2) is 5.26 Å². The standard InChI is InChI=1S/C49H56N4O12S2/c1-4-6-8-14-32-18-23-42(33(26-32)15-9-7-5-2)62-25-13-12-24-50-49(57)40-30-43(38-16-10-11-17-39(38)47(40)55)63-36-21-19-35(20-22-36)52-53-46-44(66-65-64-58)28-34-27-37(67(59,60)61)29-41(51-31(3)54)45(34)48(46)56/h10-11,16-23,26-30,52-53,55-56,58H,4-9,12-15,24-25H2,1-3H3,(H,50,57)(H,51,54)(H,59,60,61). The fourth-order valence-electron chi connectivity index (χ4n) is 7.57. The number of hydrazine groups is 1. The summed E-state index contributed by atoms with van der Waals surface area (Å²) in [5, 5.41) is 41.8. The Morgan fingerprint density at radius 1 is 0.761 bits per heavy atom. The van der Waals surface area contributed by atoms with Crippen LogP contribution in [0.2, 0.25) is 0 Å². The van der Waals surface area contributed by atoms with Crippen molar-refractivity contribution in [2.45, 2.75) is 94.8 Å². The number of aromatic hydroxyl groups is 2. The number of phenolic OH excluding ortho intramolecular Hbond substituents is 2. The monoisotopic (exact) mass is 956 g/mol. The highest BCUT2D eigenvalue weighted by Gasteiger charge is 2.23. The Labute approximate surface area is 393 Å². The minimum absolute atomic E-state index is 0.0187. The van der Waals surface area contributed by atoms with E-state index >= 15 is 0 Å². The molecule has 2 amide bonds. The van der Waals surface area contributed by atoms with Gasteiger partial charge in [-0.1, -0.05) is 81.0 Å². The van der Waals surface area contributed by atoms with Crippen molar-refractivity contribution in [3.63, 3.8) is 0 Å². The van der Waals surface area contributed by atoms with Gasteiger partial charge in [0.2, 0.25) is 5.91 Å². The van der Waals surface area contributed by atoms with Gasteiger partial charge >= 0.3 is 0 Å². The summed E-state index contributed by atoms with van der Waals surface area (Å²) in [5.74, 6) is -0.0192.